The molecule has 4 N–H and O–H groups in total. The molecule has 2 rings (SSSR count). The van der Waals surface area contributed by atoms with E-state index in [9.17, 15) is 0 Å². The van der Waals surface area contributed by atoms with Gasteiger partial charge in [-0.15, -0.1) is 0 Å². The molecule has 0 aromatic heterocycles. The zero-order valence-electron chi connectivity index (χ0n) is 11.1. The number of nitrogens with one attached hydrogen (secondary N) is 1. The van der Waals surface area contributed by atoms with Gasteiger partial charge in [-0.25, -0.2) is 0 Å². The molecule has 0 atom stereocenters. The van der Waals surface area contributed by atoms with Crippen molar-refractivity contribution in [1.29, 1.82) is 0 Å². The second-order valence-electron chi connectivity index (χ2n) is 6.23. The van der Waals surface area contributed by atoms with Gasteiger partial charge in [0.05, 0.1) is 13.1 Å². The first-order valence-corrected chi connectivity index (χ1v) is 7.41. The second kappa shape index (κ2) is 5.50. The van der Waals surface area contributed by atoms with Crippen LogP contribution in [0.5, 0.6) is 0 Å². The Morgan fingerprint density at radius 1 is 1.06 bits per heavy atom. The average molecular weight is 226 g/mol. The van der Waals surface area contributed by atoms with E-state index in [1.807, 2.05) is 4.90 Å². The highest BCUT2D eigenvalue weighted by Gasteiger charge is 2.43. The van der Waals surface area contributed by atoms with E-state index in [0.717, 1.165) is 12.5 Å². The van der Waals surface area contributed by atoms with E-state index in [4.69, 9.17) is 0 Å². The van der Waals surface area contributed by atoms with Crippen LogP contribution in [0.2, 0.25) is 0 Å². The van der Waals surface area contributed by atoms with Crippen molar-refractivity contribution in [2.75, 3.05) is 19.6 Å². The molecule has 0 aromatic carbocycles. The normalized spacial score (nSPS) is 38.2. The van der Waals surface area contributed by atoms with E-state index in [1.54, 1.807) is 0 Å². The van der Waals surface area contributed by atoms with Crippen molar-refractivity contribution < 1.29 is 10.6 Å². The Morgan fingerprint density at radius 2 is 1.62 bits per heavy atom. The Hall–Kier alpha value is -0.0800. The number of quaternary nitrogens is 2. The van der Waals surface area contributed by atoms with Gasteiger partial charge in [0.15, 0.2) is 0 Å². The molecule has 0 unspecified atom stereocenters. The summed E-state index contributed by atoms with van der Waals surface area (Å²) in [5.41, 5.74) is 4.86. The number of rotatable bonds is 2. The molecular formula is C14H30N2+2. The minimum absolute atomic E-state index is 0.566. The van der Waals surface area contributed by atoms with E-state index in [0.29, 0.717) is 5.54 Å². The van der Waals surface area contributed by atoms with Crippen LogP contribution in [0, 0.1) is 5.92 Å². The summed E-state index contributed by atoms with van der Waals surface area (Å²) >= 11 is 0. The Bertz CT molecular complexity index is 199. The third kappa shape index (κ3) is 2.60. The van der Waals surface area contributed by atoms with Gasteiger partial charge in [-0.3, -0.25) is 0 Å². The minimum atomic E-state index is 0.566. The molecule has 0 amide bonds. The van der Waals surface area contributed by atoms with Crippen molar-refractivity contribution in [1.82, 2.24) is 0 Å². The maximum atomic E-state index is 4.29. The molecule has 2 aliphatic rings. The maximum absolute atomic E-state index is 4.29. The summed E-state index contributed by atoms with van der Waals surface area (Å²) in [5, 5.41) is 0. The molecule has 94 valence electrons. The summed E-state index contributed by atoms with van der Waals surface area (Å²) in [6.45, 7) is 6.42. The van der Waals surface area contributed by atoms with Crippen LogP contribution in [0.4, 0.5) is 0 Å². The smallest absolute Gasteiger partial charge is 0.147 e. The Balaban J connectivity index is 2.01. The molecule has 0 spiro atoms. The summed E-state index contributed by atoms with van der Waals surface area (Å²) in [6, 6.07) is 0. The van der Waals surface area contributed by atoms with E-state index < -0.39 is 0 Å². The van der Waals surface area contributed by atoms with Crippen LogP contribution in [0.25, 0.3) is 0 Å². The fourth-order valence-corrected chi connectivity index (χ4v) is 3.78. The minimum Gasteiger partial charge on any atom is -0.352 e. The quantitative estimate of drug-likeness (QED) is 0.692. The van der Waals surface area contributed by atoms with Gasteiger partial charge >= 0.3 is 0 Å². The predicted octanol–water partition coefficient (Wildman–Crippen LogP) is 0.636. The summed E-state index contributed by atoms with van der Waals surface area (Å²) in [7, 11) is 0. The predicted molar refractivity (Wildman–Crippen MR) is 67.3 cm³/mol. The third-order valence-electron chi connectivity index (χ3n) is 5.17. The molecule has 0 bridgehead atoms. The monoisotopic (exact) mass is 226 g/mol. The highest BCUT2D eigenvalue weighted by molar-refractivity contribution is 4.84. The molecule has 1 aliphatic carbocycles. The molecule has 1 saturated carbocycles. The SMILES string of the molecule is CC1CCC(C[NH3+])([NH+]2CCCCCC2)CC1. The zero-order valence-corrected chi connectivity index (χ0v) is 11.1. The first-order chi connectivity index (χ1) is 7.77. The van der Waals surface area contributed by atoms with Gasteiger partial charge in [-0.2, -0.15) is 0 Å². The number of likely N-dealkylation sites (tertiary alicyclic amines) is 1. The van der Waals surface area contributed by atoms with Gasteiger partial charge in [0, 0.05) is 12.8 Å². The van der Waals surface area contributed by atoms with E-state index in [2.05, 4.69) is 12.7 Å². The molecule has 0 radical (unpaired) electrons. The van der Waals surface area contributed by atoms with Gasteiger partial charge in [0.1, 0.15) is 12.1 Å². The van der Waals surface area contributed by atoms with Gasteiger partial charge in [0.2, 0.25) is 0 Å². The van der Waals surface area contributed by atoms with Gasteiger partial charge in [-0.1, -0.05) is 6.92 Å². The van der Waals surface area contributed by atoms with E-state index in [-0.39, 0.29) is 0 Å². The fraction of sp³-hybridized carbons (Fsp3) is 1.00. The number of hydrogen-bond donors (Lipinski definition) is 2. The van der Waals surface area contributed by atoms with Gasteiger partial charge in [-0.05, 0) is 44.4 Å². The highest BCUT2D eigenvalue weighted by atomic mass is 15.2. The first kappa shape index (κ1) is 12.4. The van der Waals surface area contributed by atoms with E-state index in [1.165, 1.54) is 64.5 Å². The first-order valence-electron chi connectivity index (χ1n) is 7.41. The van der Waals surface area contributed by atoms with Crippen LogP contribution in [0.3, 0.4) is 0 Å². The van der Waals surface area contributed by atoms with Crippen molar-refractivity contribution in [2.24, 2.45) is 5.92 Å². The molecule has 16 heavy (non-hydrogen) atoms. The van der Waals surface area contributed by atoms with Crippen molar-refractivity contribution in [3.8, 4) is 0 Å². The van der Waals surface area contributed by atoms with Crippen LogP contribution in [0.1, 0.15) is 58.3 Å². The molecule has 0 aromatic rings. The topological polar surface area (TPSA) is 32.1 Å². The van der Waals surface area contributed by atoms with Crippen LogP contribution >= 0.6 is 0 Å². The molecule has 2 fully saturated rings. The molecule has 1 heterocycles. The standard InChI is InChI=1S/C14H28N2/c1-13-6-8-14(12-15,9-7-13)16-10-4-2-3-5-11-16/h13H,2-12,15H2,1H3/p+2. The Labute approximate surface area is 101 Å². The lowest BCUT2D eigenvalue weighted by molar-refractivity contribution is -0.960. The van der Waals surface area contributed by atoms with E-state index >= 15 is 0 Å². The van der Waals surface area contributed by atoms with Crippen LogP contribution in [-0.4, -0.2) is 25.2 Å². The fourth-order valence-electron chi connectivity index (χ4n) is 3.78. The zero-order chi connectivity index (χ0) is 11.4. The van der Waals surface area contributed by atoms with Crippen LogP contribution in [-0.2, 0) is 0 Å². The number of hydrogen-bond acceptors (Lipinski definition) is 0. The Kier molecular flexibility index (Phi) is 4.26. The average Bonchev–Trinajstić information content (AvgIpc) is 2.60. The van der Waals surface area contributed by atoms with Crippen molar-refractivity contribution in [3.05, 3.63) is 0 Å². The van der Waals surface area contributed by atoms with Crippen LogP contribution in [0.15, 0.2) is 0 Å². The summed E-state index contributed by atoms with van der Waals surface area (Å²) < 4.78 is 0. The Morgan fingerprint density at radius 3 is 2.12 bits per heavy atom. The van der Waals surface area contributed by atoms with Gasteiger partial charge < -0.3 is 10.6 Å². The highest BCUT2D eigenvalue weighted by Crippen LogP contribution is 2.29. The summed E-state index contributed by atoms with van der Waals surface area (Å²) in [5.74, 6) is 0.964. The maximum Gasteiger partial charge on any atom is 0.147 e. The van der Waals surface area contributed by atoms with Crippen molar-refractivity contribution in [3.63, 3.8) is 0 Å². The summed E-state index contributed by atoms with van der Waals surface area (Å²) in [6.07, 6.45) is 11.6. The lowest BCUT2D eigenvalue weighted by atomic mass is 9.76. The largest absolute Gasteiger partial charge is 0.352 e. The molecular weight excluding hydrogens is 196 g/mol. The molecule has 2 nitrogen and oxygen atoms in total. The lowest BCUT2D eigenvalue weighted by Crippen LogP contribution is -3.22. The second-order valence-corrected chi connectivity index (χ2v) is 6.23. The van der Waals surface area contributed by atoms with Crippen molar-refractivity contribution >= 4 is 0 Å². The third-order valence-corrected chi connectivity index (χ3v) is 5.17. The summed E-state index contributed by atoms with van der Waals surface area (Å²) in [4.78, 5) is 1.91. The molecule has 1 aliphatic heterocycles. The lowest BCUT2D eigenvalue weighted by Gasteiger charge is -2.42. The molecule has 2 heteroatoms. The molecule has 1 saturated heterocycles. The van der Waals surface area contributed by atoms with Crippen LogP contribution < -0.4 is 10.6 Å². The van der Waals surface area contributed by atoms with Gasteiger partial charge in [0.25, 0.3) is 0 Å². The van der Waals surface area contributed by atoms with Crippen molar-refractivity contribution in [2.45, 2.75) is 63.8 Å².